The molecule has 0 spiro atoms. The Bertz CT molecular complexity index is 467. The Labute approximate surface area is 105 Å². The summed E-state index contributed by atoms with van der Waals surface area (Å²) < 4.78 is 5.56. The van der Waals surface area contributed by atoms with Crippen molar-refractivity contribution in [2.75, 3.05) is 13.2 Å². The molecular formula is C13H14ClNO2. The number of ketones is 1. The molecule has 3 nitrogen and oxygen atoms in total. The molecule has 1 unspecified atom stereocenters. The molecule has 1 N–H and O–H groups in total. The van der Waals surface area contributed by atoms with Crippen LogP contribution in [0.4, 0.5) is 0 Å². The van der Waals surface area contributed by atoms with Crippen molar-refractivity contribution in [3.05, 3.63) is 28.3 Å². The molecule has 0 aromatic heterocycles. The van der Waals surface area contributed by atoms with Crippen LogP contribution in [-0.2, 0) is 6.42 Å². The first-order valence-electron chi connectivity index (χ1n) is 5.98. The number of hydrogen-bond acceptors (Lipinski definition) is 3. The van der Waals surface area contributed by atoms with Gasteiger partial charge in [0, 0.05) is 11.4 Å². The Hall–Kier alpha value is -1.06. The zero-order chi connectivity index (χ0) is 11.8. The maximum Gasteiger partial charge on any atom is 0.183 e. The van der Waals surface area contributed by atoms with Gasteiger partial charge in [-0.25, -0.2) is 0 Å². The van der Waals surface area contributed by atoms with Crippen molar-refractivity contribution in [2.45, 2.75) is 25.3 Å². The highest BCUT2D eigenvalue weighted by molar-refractivity contribution is 6.31. The number of carbonyl (C=O) groups excluding carboxylic acids is 1. The Morgan fingerprint density at radius 1 is 1.47 bits per heavy atom. The van der Waals surface area contributed by atoms with Crippen molar-refractivity contribution in [2.24, 2.45) is 0 Å². The van der Waals surface area contributed by atoms with Gasteiger partial charge in [0.15, 0.2) is 5.78 Å². The van der Waals surface area contributed by atoms with Gasteiger partial charge >= 0.3 is 0 Å². The predicted octanol–water partition coefficient (Wildman–Crippen LogP) is 2.21. The van der Waals surface area contributed by atoms with Gasteiger partial charge < -0.3 is 10.1 Å². The van der Waals surface area contributed by atoms with Crippen molar-refractivity contribution in [1.82, 2.24) is 5.32 Å². The Morgan fingerprint density at radius 2 is 2.35 bits per heavy atom. The van der Waals surface area contributed by atoms with Gasteiger partial charge in [0.1, 0.15) is 5.75 Å². The van der Waals surface area contributed by atoms with Gasteiger partial charge in [-0.2, -0.15) is 0 Å². The van der Waals surface area contributed by atoms with Crippen molar-refractivity contribution >= 4 is 17.4 Å². The summed E-state index contributed by atoms with van der Waals surface area (Å²) in [6, 6.07) is 3.55. The van der Waals surface area contributed by atoms with Gasteiger partial charge in [-0.3, -0.25) is 4.79 Å². The van der Waals surface area contributed by atoms with E-state index in [1.54, 1.807) is 6.07 Å². The van der Waals surface area contributed by atoms with Crippen LogP contribution in [0.25, 0.3) is 0 Å². The van der Waals surface area contributed by atoms with Crippen LogP contribution >= 0.6 is 11.6 Å². The topological polar surface area (TPSA) is 38.3 Å². The number of fused-ring (bicyclic) bond motifs is 1. The van der Waals surface area contributed by atoms with E-state index in [2.05, 4.69) is 5.32 Å². The minimum Gasteiger partial charge on any atom is -0.492 e. The van der Waals surface area contributed by atoms with E-state index >= 15 is 0 Å². The molecule has 90 valence electrons. The normalized spacial score (nSPS) is 22.3. The Morgan fingerprint density at radius 3 is 3.12 bits per heavy atom. The third kappa shape index (κ3) is 1.94. The van der Waals surface area contributed by atoms with Crippen LogP contribution < -0.4 is 10.1 Å². The molecule has 2 aliphatic heterocycles. The fourth-order valence-electron chi connectivity index (χ4n) is 2.55. The van der Waals surface area contributed by atoms with Crippen molar-refractivity contribution in [1.29, 1.82) is 0 Å². The molecule has 0 bridgehead atoms. The number of Topliss-reactive ketones (excluding diaryl/α,β-unsaturated/α-hetero) is 1. The first-order valence-corrected chi connectivity index (χ1v) is 6.36. The molecule has 1 aromatic carbocycles. The lowest BCUT2D eigenvalue weighted by atomic mass is 9.99. The van der Waals surface area contributed by atoms with E-state index in [1.807, 2.05) is 6.07 Å². The van der Waals surface area contributed by atoms with Gasteiger partial charge in [-0.15, -0.1) is 0 Å². The molecule has 1 atom stereocenters. The quantitative estimate of drug-likeness (QED) is 0.819. The SMILES string of the molecule is O=C(c1cc(Cl)cc2c1OCC2)C1CCCN1. The van der Waals surface area contributed by atoms with E-state index in [0.717, 1.165) is 37.1 Å². The highest BCUT2D eigenvalue weighted by Crippen LogP contribution is 2.34. The van der Waals surface area contributed by atoms with Crippen LogP contribution in [0.15, 0.2) is 12.1 Å². The van der Waals surface area contributed by atoms with Crippen molar-refractivity contribution < 1.29 is 9.53 Å². The first-order chi connectivity index (χ1) is 8.25. The predicted molar refractivity (Wildman–Crippen MR) is 66.0 cm³/mol. The Kier molecular flexibility index (Phi) is 2.81. The molecule has 2 aliphatic rings. The largest absolute Gasteiger partial charge is 0.492 e. The van der Waals surface area contributed by atoms with E-state index < -0.39 is 0 Å². The van der Waals surface area contributed by atoms with E-state index in [1.165, 1.54) is 0 Å². The lowest BCUT2D eigenvalue weighted by molar-refractivity contribution is 0.0949. The van der Waals surface area contributed by atoms with Crippen LogP contribution in [-0.4, -0.2) is 25.0 Å². The smallest absolute Gasteiger partial charge is 0.183 e. The number of halogens is 1. The molecular weight excluding hydrogens is 238 g/mol. The summed E-state index contributed by atoms with van der Waals surface area (Å²) in [5.41, 5.74) is 1.70. The second kappa shape index (κ2) is 4.31. The second-order valence-corrected chi connectivity index (χ2v) is 4.99. The average molecular weight is 252 g/mol. The number of carbonyl (C=O) groups is 1. The van der Waals surface area contributed by atoms with Gasteiger partial charge in [-0.05, 0) is 37.1 Å². The fraction of sp³-hybridized carbons (Fsp3) is 0.462. The number of benzene rings is 1. The summed E-state index contributed by atoms with van der Waals surface area (Å²) in [6.45, 7) is 1.56. The van der Waals surface area contributed by atoms with Crippen molar-refractivity contribution in [3.8, 4) is 5.75 Å². The second-order valence-electron chi connectivity index (χ2n) is 4.55. The van der Waals surface area contributed by atoms with E-state index in [-0.39, 0.29) is 11.8 Å². The molecule has 0 saturated carbocycles. The monoisotopic (exact) mass is 251 g/mol. The van der Waals surface area contributed by atoms with Crippen LogP contribution in [0.3, 0.4) is 0 Å². The third-order valence-corrected chi connectivity index (χ3v) is 3.61. The molecule has 1 fully saturated rings. The number of rotatable bonds is 2. The molecule has 2 heterocycles. The molecule has 4 heteroatoms. The molecule has 1 saturated heterocycles. The molecule has 3 rings (SSSR count). The molecule has 17 heavy (non-hydrogen) atoms. The Balaban J connectivity index is 1.99. The van der Waals surface area contributed by atoms with Gasteiger partial charge in [-0.1, -0.05) is 11.6 Å². The molecule has 0 aliphatic carbocycles. The molecule has 1 aromatic rings. The number of ether oxygens (including phenoxy) is 1. The molecule has 0 amide bonds. The minimum absolute atomic E-state index is 0.0678. The van der Waals surface area contributed by atoms with E-state index in [4.69, 9.17) is 16.3 Å². The zero-order valence-corrected chi connectivity index (χ0v) is 10.2. The summed E-state index contributed by atoms with van der Waals surface area (Å²) in [4.78, 5) is 12.4. The maximum absolute atomic E-state index is 12.4. The van der Waals surface area contributed by atoms with Gasteiger partial charge in [0.25, 0.3) is 0 Å². The lowest BCUT2D eigenvalue weighted by Crippen LogP contribution is -2.31. The minimum atomic E-state index is -0.0678. The highest BCUT2D eigenvalue weighted by Gasteiger charge is 2.28. The van der Waals surface area contributed by atoms with E-state index in [9.17, 15) is 4.79 Å². The fourth-order valence-corrected chi connectivity index (χ4v) is 2.79. The highest BCUT2D eigenvalue weighted by atomic mass is 35.5. The van der Waals surface area contributed by atoms with Crippen molar-refractivity contribution in [3.63, 3.8) is 0 Å². The van der Waals surface area contributed by atoms with Gasteiger partial charge in [0.2, 0.25) is 0 Å². The number of nitrogens with one attached hydrogen (secondary N) is 1. The molecule has 0 radical (unpaired) electrons. The first kappa shape index (κ1) is 11.1. The van der Waals surface area contributed by atoms with Crippen LogP contribution in [0.5, 0.6) is 5.75 Å². The van der Waals surface area contributed by atoms with Gasteiger partial charge in [0.05, 0.1) is 18.2 Å². The van der Waals surface area contributed by atoms with Crippen LogP contribution in [0, 0.1) is 0 Å². The summed E-state index contributed by atoms with van der Waals surface area (Å²) in [5.74, 6) is 0.858. The standard InChI is InChI=1S/C13H14ClNO2/c14-9-6-8-3-5-17-13(8)10(7-9)12(16)11-2-1-4-15-11/h6-7,11,15H,1-5H2. The summed E-state index contributed by atoms with van der Waals surface area (Å²) in [5, 5.41) is 3.84. The zero-order valence-electron chi connectivity index (χ0n) is 9.46. The van der Waals surface area contributed by atoms with Crippen LogP contribution in [0.2, 0.25) is 5.02 Å². The van der Waals surface area contributed by atoms with Crippen LogP contribution in [0.1, 0.15) is 28.8 Å². The summed E-state index contributed by atoms with van der Waals surface area (Å²) in [7, 11) is 0. The summed E-state index contributed by atoms with van der Waals surface area (Å²) in [6.07, 6.45) is 2.80. The maximum atomic E-state index is 12.4. The third-order valence-electron chi connectivity index (χ3n) is 3.39. The summed E-state index contributed by atoms with van der Waals surface area (Å²) >= 11 is 6.05. The lowest BCUT2D eigenvalue weighted by Gasteiger charge is -2.12. The van der Waals surface area contributed by atoms with E-state index in [0.29, 0.717) is 17.2 Å². The number of hydrogen-bond donors (Lipinski definition) is 1. The average Bonchev–Trinajstić information content (AvgIpc) is 2.97.